The summed E-state index contributed by atoms with van der Waals surface area (Å²) in [5, 5.41) is 2.00. The lowest BCUT2D eigenvalue weighted by atomic mass is 10.1. The maximum absolute atomic E-state index is 12.1. The van der Waals surface area contributed by atoms with Crippen LogP contribution in [0, 0.1) is 0 Å². The zero-order chi connectivity index (χ0) is 15.2. The minimum atomic E-state index is 0.0321. The van der Waals surface area contributed by atoms with Crippen molar-refractivity contribution < 1.29 is 4.79 Å². The molecule has 0 spiro atoms. The standard InChI is InChI=1S/C19H14OS2/c20-19(13-12-16-7-4-14-21-16)15-8-10-18(11-9-15)22-17-5-2-1-3-6-17/h1-14H. The normalized spacial score (nSPS) is 10.9. The summed E-state index contributed by atoms with van der Waals surface area (Å²) in [7, 11) is 0. The molecule has 2 aromatic carbocycles. The third-order valence-electron chi connectivity index (χ3n) is 3.06. The number of hydrogen-bond donors (Lipinski definition) is 0. The van der Waals surface area contributed by atoms with Gasteiger partial charge in [0.05, 0.1) is 0 Å². The van der Waals surface area contributed by atoms with Crippen molar-refractivity contribution in [2.45, 2.75) is 9.79 Å². The minimum Gasteiger partial charge on any atom is -0.289 e. The first-order valence-corrected chi connectivity index (χ1v) is 8.60. The lowest BCUT2D eigenvalue weighted by Crippen LogP contribution is -1.93. The molecule has 0 fully saturated rings. The second-order valence-corrected chi connectivity index (χ2v) is 6.78. The van der Waals surface area contributed by atoms with Crippen molar-refractivity contribution in [2.24, 2.45) is 0 Å². The molecule has 0 N–H and O–H groups in total. The summed E-state index contributed by atoms with van der Waals surface area (Å²) in [6, 6.07) is 21.9. The molecule has 0 saturated carbocycles. The fraction of sp³-hybridized carbons (Fsp3) is 0. The highest BCUT2D eigenvalue weighted by Gasteiger charge is 2.03. The smallest absolute Gasteiger partial charge is 0.185 e. The molecule has 1 nitrogen and oxygen atoms in total. The topological polar surface area (TPSA) is 17.1 Å². The van der Waals surface area contributed by atoms with Gasteiger partial charge < -0.3 is 0 Å². The molecule has 3 aromatic rings. The molecule has 3 heteroatoms. The van der Waals surface area contributed by atoms with Gasteiger partial charge in [-0.2, -0.15) is 0 Å². The average Bonchev–Trinajstić information content (AvgIpc) is 3.08. The quantitative estimate of drug-likeness (QED) is 0.436. The zero-order valence-electron chi connectivity index (χ0n) is 11.8. The van der Waals surface area contributed by atoms with E-state index in [2.05, 4.69) is 12.1 Å². The Kier molecular flexibility index (Phi) is 4.88. The molecule has 0 amide bonds. The number of rotatable bonds is 5. The number of benzene rings is 2. The van der Waals surface area contributed by atoms with Crippen LogP contribution in [-0.2, 0) is 0 Å². The maximum Gasteiger partial charge on any atom is 0.185 e. The predicted molar refractivity (Wildman–Crippen MR) is 94.7 cm³/mol. The van der Waals surface area contributed by atoms with E-state index < -0.39 is 0 Å². The minimum absolute atomic E-state index is 0.0321. The summed E-state index contributed by atoms with van der Waals surface area (Å²) in [5.41, 5.74) is 0.713. The van der Waals surface area contributed by atoms with E-state index in [0.29, 0.717) is 5.56 Å². The fourth-order valence-electron chi connectivity index (χ4n) is 1.95. The first-order valence-electron chi connectivity index (χ1n) is 6.90. The molecule has 0 atom stereocenters. The zero-order valence-corrected chi connectivity index (χ0v) is 13.4. The van der Waals surface area contributed by atoms with Gasteiger partial charge in [-0.3, -0.25) is 4.79 Å². The monoisotopic (exact) mass is 322 g/mol. The largest absolute Gasteiger partial charge is 0.289 e. The van der Waals surface area contributed by atoms with Gasteiger partial charge >= 0.3 is 0 Å². The van der Waals surface area contributed by atoms with Gasteiger partial charge in [-0.15, -0.1) is 11.3 Å². The van der Waals surface area contributed by atoms with Gasteiger partial charge in [0.1, 0.15) is 0 Å². The Morgan fingerprint density at radius 1 is 0.864 bits per heavy atom. The van der Waals surface area contributed by atoms with Crippen LogP contribution in [0.25, 0.3) is 6.08 Å². The number of carbonyl (C=O) groups is 1. The Morgan fingerprint density at radius 3 is 2.27 bits per heavy atom. The van der Waals surface area contributed by atoms with E-state index in [1.165, 1.54) is 4.90 Å². The van der Waals surface area contributed by atoms with Crippen molar-refractivity contribution in [1.82, 2.24) is 0 Å². The van der Waals surface area contributed by atoms with Gasteiger partial charge in [-0.1, -0.05) is 36.0 Å². The fourth-order valence-corrected chi connectivity index (χ4v) is 3.41. The number of hydrogen-bond acceptors (Lipinski definition) is 3. The van der Waals surface area contributed by atoms with Crippen molar-refractivity contribution in [1.29, 1.82) is 0 Å². The number of thiophene rings is 1. The predicted octanol–water partition coefficient (Wildman–Crippen LogP) is 5.80. The van der Waals surface area contributed by atoms with Gasteiger partial charge in [0, 0.05) is 20.2 Å². The molecule has 0 unspecified atom stereocenters. The molecule has 22 heavy (non-hydrogen) atoms. The Morgan fingerprint density at radius 2 is 1.59 bits per heavy atom. The number of carbonyl (C=O) groups excluding carboxylic acids is 1. The van der Waals surface area contributed by atoms with E-state index >= 15 is 0 Å². The van der Waals surface area contributed by atoms with Gasteiger partial charge in [0.2, 0.25) is 0 Å². The van der Waals surface area contributed by atoms with Crippen LogP contribution in [0.4, 0.5) is 0 Å². The van der Waals surface area contributed by atoms with Gasteiger partial charge in [-0.25, -0.2) is 0 Å². The average molecular weight is 322 g/mol. The lowest BCUT2D eigenvalue weighted by molar-refractivity contribution is 0.104. The van der Waals surface area contributed by atoms with Gasteiger partial charge in [-0.05, 0) is 60.0 Å². The number of ketones is 1. The highest BCUT2D eigenvalue weighted by molar-refractivity contribution is 7.99. The van der Waals surface area contributed by atoms with Crippen LogP contribution in [0.2, 0.25) is 0 Å². The van der Waals surface area contributed by atoms with Crippen LogP contribution in [0.3, 0.4) is 0 Å². The second-order valence-electron chi connectivity index (χ2n) is 4.65. The maximum atomic E-state index is 12.1. The first-order chi connectivity index (χ1) is 10.8. The third kappa shape index (κ3) is 3.97. The molecule has 0 aliphatic heterocycles. The van der Waals surface area contributed by atoms with Crippen molar-refractivity contribution >= 4 is 35.0 Å². The van der Waals surface area contributed by atoms with E-state index in [-0.39, 0.29) is 5.78 Å². The Bertz CT molecular complexity index is 757. The van der Waals surface area contributed by atoms with Crippen molar-refractivity contribution in [3.05, 3.63) is 88.6 Å². The van der Waals surface area contributed by atoms with Crippen LogP contribution in [0.5, 0.6) is 0 Å². The van der Waals surface area contributed by atoms with E-state index in [1.54, 1.807) is 29.2 Å². The summed E-state index contributed by atoms with van der Waals surface area (Å²) >= 11 is 3.31. The molecule has 0 bridgehead atoms. The van der Waals surface area contributed by atoms with Crippen molar-refractivity contribution in [3.8, 4) is 0 Å². The van der Waals surface area contributed by atoms with E-state index in [4.69, 9.17) is 0 Å². The SMILES string of the molecule is O=C(C=Cc1cccs1)c1ccc(Sc2ccccc2)cc1. The van der Waals surface area contributed by atoms with Gasteiger partial charge in [0.25, 0.3) is 0 Å². The molecule has 0 aliphatic rings. The highest BCUT2D eigenvalue weighted by atomic mass is 32.2. The molecule has 0 radical (unpaired) electrons. The summed E-state index contributed by atoms with van der Waals surface area (Å²) < 4.78 is 0. The molecular formula is C19H14OS2. The molecule has 108 valence electrons. The molecule has 0 aliphatic carbocycles. The number of allylic oxidation sites excluding steroid dienone is 1. The Balaban J connectivity index is 1.67. The lowest BCUT2D eigenvalue weighted by Gasteiger charge is -2.02. The Labute approximate surface area is 138 Å². The molecular weight excluding hydrogens is 308 g/mol. The van der Waals surface area contributed by atoms with Crippen molar-refractivity contribution in [3.63, 3.8) is 0 Å². The van der Waals surface area contributed by atoms with E-state index in [0.717, 1.165) is 9.77 Å². The van der Waals surface area contributed by atoms with Crippen LogP contribution < -0.4 is 0 Å². The van der Waals surface area contributed by atoms with Crippen LogP contribution in [0.15, 0.2) is 88.0 Å². The molecule has 3 rings (SSSR count). The summed E-state index contributed by atoms with van der Waals surface area (Å²) in [6.45, 7) is 0. The summed E-state index contributed by atoms with van der Waals surface area (Å²) in [4.78, 5) is 15.5. The van der Waals surface area contributed by atoms with Crippen LogP contribution in [0.1, 0.15) is 15.2 Å². The van der Waals surface area contributed by atoms with E-state index in [9.17, 15) is 4.79 Å². The highest BCUT2D eigenvalue weighted by Crippen LogP contribution is 2.27. The van der Waals surface area contributed by atoms with Crippen molar-refractivity contribution in [2.75, 3.05) is 0 Å². The molecule has 0 saturated heterocycles. The van der Waals surface area contributed by atoms with Crippen LogP contribution >= 0.6 is 23.1 Å². The van der Waals surface area contributed by atoms with E-state index in [1.807, 2.05) is 66.1 Å². The first kappa shape index (κ1) is 14.8. The summed E-state index contributed by atoms with van der Waals surface area (Å²) in [6.07, 6.45) is 3.49. The molecule has 1 aromatic heterocycles. The van der Waals surface area contributed by atoms with Gasteiger partial charge in [0.15, 0.2) is 5.78 Å². The molecule has 1 heterocycles. The Hall–Kier alpha value is -2.10. The van der Waals surface area contributed by atoms with Crippen LogP contribution in [-0.4, -0.2) is 5.78 Å². The second kappa shape index (κ2) is 7.25. The third-order valence-corrected chi connectivity index (χ3v) is 4.91. The summed E-state index contributed by atoms with van der Waals surface area (Å²) in [5.74, 6) is 0.0321.